The van der Waals surface area contributed by atoms with Gasteiger partial charge in [-0.1, -0.05) is 72.8 Å². The molecule has 196 valence electrons. The van der Waals surface area contributed by atoms with E-state index < -0.39 is 0 Å². The molecule has 4 heterocycles. The summed E-state index contributed by atoms with van der Waals surface area (Å²) < 4.78 is 4.66. The van der Waals surface area contributed by atoms with Gasteiger partial charge in [-0.05, 0) is 42.5 Å². The summed E-state index contributed by atoms with van der Waals surface area (Å²) in [4.78, 5) is 19.0. The number of aromatic nitrogens is 5. The minimum Gasteiger partial charge on any atom is -0.309 e. The molecule has 0 unspecified atom stereocenters. The van der Waals surface area contributed by atoms with Gasteiger partial charge in [0, 0.05) is 49.3 Å². The van der Waals surface area contributed by atoms with Crippen LogP contribution in [0.25, 0.3) is 81.3 Å². The lowest BCUT2D eigenvalue weighted by Gasteiger charge is -2.11. The van der Waals surface area contributed by atoms with Crippen LogP contribution < -0.4 is 0 Å². The van der Waals surface area contributed by atoms with Crippen molar-refractivity contribution in [3.05, 3.63) is 128 Å². The van der Waals surface area contributed by atoms with Crippen LogP contribution in [0.5, 0.6) is 0 Å². The monoisotopic (exact) mass is 555 g/mol. The van der Waals surface area contributed by atoms with Crippen LogP contribution in [-0.2, 0) is 0 Å². The first-order chi connectivity index (χ1) is 20.8. The van der Waals surface area contributed by atoms with E-state index in [9.17, 15) is 0 Å². The molecule has 0 bridgehead atoms. The van der Waals surface area contributed by atoms with Crippen LogP contribution in [0.3, 0.4) is 0 Å². The van der Waals surface area contributed by atoms with Crippen LogP contribution in [-0.4, -0.2) is 24.5 Å². The second-order valence-electron chi connectivity index (χ2n) is 10.4. The molecule has 0 aliphatic carbocycles. The molecule has 0 atom stereocenters. The molecule has 0 aliphatic rings. The fourth-order valence-corrected chi connectivity index (χ4v) is 7.13. The molecule has 9 rings (SSSR count). The highest BCUT2D eigenvalue weighted by atomic mass is 32.1. The fraction of sp³-hybridized carbons (Fsp3) is 0. The molecule has 0 N–H and O–H groups in total. The Morgan fingerprint density at radius 1 is 0.595 bits per heavy atom. The first-order valence-electron chi connectivity index (χ1n) is 13.8. The molecular weight excluding hydrogens is 534 g/mol. The molecule has 6 heteroatoms. The maximum atomic E-state index is 5.07. The smallest absolute Gasteiger partial charge is 0.160 e. The van der Waals surface area contributed by atoms with Crippen molar-refractivity contribution < 1.29 is 0 Å². The summed E-state index contributed by atoms with van der Waals surface area (Å²) >= 11 is 1.74. The normalized spacial score (nSPS) is 11.8. The van der Waals surface area contributed by atoms with Gasteiger partial charge in [0.05, 0.1) is 32.5 Å². The Bertz CT molecular complexity index is 2460. The SMILES string of the molecule is c1ccc(-c2nc(-c3ccc(-n4c5ccccc5c5ccc6sc7cncnc7c6c54)cc3)nc3ccccc23)cc1. The molecule has 9 aromatic rings. The van der Waals surface area contributed by atoms with Crippen molar-refractivity contribution in [1.82, 2.24) is 24.5 Å². The first kappa shape index (κ1) is 23.3. The average molecular weight is 556 g/mol. The number of fused-ring (bicyclic) bond motifs is 8. The van der Waals surface area contributed by atoms with Crippen molar-refractivity contribution in [2.24, 2.45) is 0 Å². The lowest BCUT2D eigenvalue weighted by Crippen LogP contribution is -1.97. The quantitative estimate of drug-likeness (QED) is 0.218. The van der Waals surface area contributed by atoms with Gasteiger partial charge in [-0.2, -0.15) is 0 Å². The van der Waals surface area contributed by atoms with Crippen LogP contribution in [0.2, 0.25) is 0 Å². The van der Waals surface area contributed by atoms with Gasteiger partial charge in [-0.25, -0.2) is 19.9 Å². The molecule has 0 spiro atoms. The van der Waals surface area contributed by atoms with E-state index in [0.29, 0.717) is 5.82 Å². The maximum Gasteiger partial charge on any atom is 0.160 e. The van der Waals surface area contributed by atoms with Crippen molar-refractivity contribution >= 4 is 64.3 Å². The topological polar surface area (TPSA) is 56.5 Å². The third kappa shape index (κ3) is 3.42. The number of benzene rings is 5. The molecule has 5 nitrogen and oxygen atoms in total. The zero-order chi connectivity index (χ0) is 27.6. The van der Waals surface area contributed by atoms with Gasteiger partial charge in [-0.3, -0.25) is 0 Å². The van der Waals surface area contributed by atoms with Crippen LogP contribution in [0.4, 0.5) is 0 Å². The molecule has 0 saturated carbocycles. The number of nitrogens with zero attached hydrogens (tertiary/aromatic N) is 5. The lowest BCUT2D eigenvalue weighted by atomic mass is 10.1. The highest BCUT2D eigenvalue weighted by Crippen LogP contribution is 2.42. The number of hydrogen-bond acceptors (Lipinski definition) is 5. The average Bonchev–Trinajstić information content (AvgIpc) is 3.60. The lowest BCUT2D eigenvalue weighted by molar-refractivity contribution is 1.18. The molecule has 5 aromatic carbocycles. The van der Waals surface area contributed by atoms with Crippen LogP contribution >= 0.6 is 11.3 Å². The summed E-state index contributed by atoms with van der Waals surface area (Å²) in [5.74, 6) is 0.712. The summed E-state index contributed by atoms with van der Waals surface area (Å²) in [6, 6.07) is 40.2. The molecule has 0 fully saturated rings. The Hall–Kier alpha value is -5.46. The van der Waals surface area contributed by atoms with Gasteiger partial charge in [0.2, 0.25) is 0 Å². The molecule has 0 saturated heterocycles. The van der Waals surface area contributed by atoms with Crippen molar-refractivity contribution in [2.45, 2.75) is 0 Å². The number of para-hydroxylation sites is 2. The van der Waals surface area contributed by atoms with E-state index in [1.807, 2.05) is 36.5 Å². The molecule has 0 radical (unpaired) electrons. The predicted octanol–water partition coefficient (Wildman–Crippen LogP) is 9.22. The Balaban J connectivity index is 1.27. The number of thiophene rings is 1. The van der Waals surface area contributed by atoms with Gasteiger partial charge in [0.25, 0.3) is 0 Å². The third-order valence-corrected chi connectivity index (χ3v) is 9.05. The summed E-state index contributed by atoms with van der Waals surface area (Å²) in [6.07, 6.45) is 3.55. The summed E-state index contributed by atoms with van der Waals surface area (Å²) in [7, 11) is 0. The van der Waals surface area contributed by atoms with Crippen molar-refractivity contribution in [3.8, 4) is 28.3 Å². The zero-order valence-corrected chi connectivity index (χ0v) is 23.1. The highest BCUT2D eigenvalue weighted by molar-refractivity contribution is 7.25. The van der Waals surface area contributed by atoms with E-state index in [0.717, 1.165) is 49.1 Å². The number of rotatable bonds is 3. The Kier molecular flexibility index (Phi) is 5.00. The first-order valence-corrected chi connectivity index (χ1v) is 14.6. The zero-order valence-electron chi connectivity index (χ0n) is 22.3. The van der Waals surface area contributed by atoms with Gasteiger partial charge >= 0.3 is 0 Å². The predicted molar refractivity (Wildman–Crippen MR) is 173 cm³/mol. The van der Waals surface area contributed by atoms with E-state index in [-0.39, 0.29) is 0 Å². The molecule has 0 amide bonds. The van der Waals surface area contributed by atoms with Crippen LogP contribution in [0, 0.1) is 0 Å². The molecule has 4 aromatic heterocycles. The van der Waals surface area contributed by atoms with E-state index in [1.54, 1.807) is 17.7 Å². The molecule has 42 heavy (non-hydrogen) atoms. The Morgan fingerprint density at radius 2 is 1.38 bits per heavy atom. The van der Waals surface area contributed by atoms with Crippen molar-refractivity contribution in [1.29, 1.82) is 0 Å². The van der Waals surface area contributed by atoms with Crippen LogP contribution in [0.1, 0.15) is 0 Å². The molecular formula is C36H21N5S. The van der Waals surface area contributed by atoms with Gasteiger partial charge < -0.3 is 4.57 Å². The summed E-state index contributed by atoms with van der Waals surface area (Å²) in [6.45, 7) is 0. The number of hydrogen-bond donors (Lipinski definition) is 0. The second-order valence-corrected chi connectivity index (χ2v) is 11.4. The van der Waals surface area contributed by atoms with Gasteiger partial charge in [0.1, 0.15) is 6.33 Å². The van der Waals surface area contributed by atoms with E-state index >= 15 is 0 Å². The minimum atomic E-state index is 0.712. The third-order valence-electron chi connectivity index (χ3n) is 7.97. The van der Waals surface area contributed by atoms with Gasteiger partial charge in [-0.15, -0.1) is 11.3 Å². The van der Waals surface area contributed by atoms with E-state index in [2.05, 4.69) is 94.5 Å². The minimum absolute atomic E-state index is 0.712. The van der Waals surface area contributed by atoms with Gasteiger partial charge in [0.15, 0.2) is 5.82 Å². The highest BCUT2D eigenvalue weighted by Gasteiger charge is 2.19. The van der Waals surface area contributed by atoms with Crippen molar-refractivity contribution in [2.75, 3.05) is 0 Å². The van der Waals surface area contributed by atoms with E-state index in [4.69, 9.17) is 15.0 Å². The molecule has 0 aliphatic heterocycles. The van der Waals surface area contributed by atoms with E-state index in [1.165, 1.54) is 26.4 Å². The van der Waals surface area contributed by atoms with Crippen LogP contribution in [0.15, 0.2) is 128 Å². The fourth-order valence-electron chi connectivity index (χ4n) is 6.10. The maximum absolute atomic E-state index is 5.07. The summed E-state index contributed by atoms with van der Waals surface area (Å²) in [5.41, 5.74) is 8.33. The largest absolute Gasteiger partial charge is 0.309 e. The summed E-state index contributed by atoms with van der Waals surface area (Å²) in [5, 5.41) is 4.65. The Labute approximate surface area is 244 Å². The second kappa shape index (κ2) is 9.03. The standard InChI is InChI=1S/C36H21N5S/c1-2-8-22(9-3-1)33-27-11-4-6-12-28(27)39-36(40-33)23-14-16-24(17-15-23)41-29-13-7-5-10-25(29)26-18-19-30-32(35(26)41)34-31(42-30)20-37-21-38-34/h1-21H. The Morgan fingerprint density at radius 3 is 2.26 bits per heavy atom. The van der Waals surface area contributed by atoms with Crippen molar-refractivity contribution in [3.63, 3.8) is 0 Å².